The second kappa shape index (κ2) is 7.26. The van der Waals surface area contributed by atoms with Crippen LogP contribution in [0.2, 0.25) is 0 Å². The molecule has 1 aliphatic carbocycles. The zero-order valence-corrected chi connectivity index (χ0v) is 14.1. The largest absolute Gasteiger partial charge is 0.375 e. The van der Waals surface area contributed by atoms with Crippen LogP contribution in [0.25, 0.3) is 0 Å². The van der Waals surface area contributed by atoms with Crippen molar-refractivity contribution in [3.63, 3.8) is 0 Å². The van der Waals surface area contributed by atoms with E-state index >= 15 is 0 Å². The lowest BCUT2D eigenvalue weighted by atomic mass is 9.79. The fourth-order valence-corrected chi connectivity index (χ4v) is 4.92. The summed E-state index contributed by atoms with van der Waals surface area (Å²) in [5.74, 6) is 0.783. The topological polar surface area (TPSA) is 21.3 Å². The monoisotopic (exact) mass is 307 g/mol. The van der Waals surface area contributed by atoms with Gasteiger partial charge in [0.1, 0.15) is 0 Å². The lowest BCUT2D eigenvalue weighted by Crippen LogP contribution is -2.46. The van der Waals surface area contributed by atoms with Crippen LogP contribution in [-0.4, -0.2) is 24.8 Å². The second-order valence-electron chi connectivity index (χ2n) is 6.84. The first-order valence-corrected chi connectivity index (χ1v) is 9.59. The molecule has 1 aromatic rings. The predicted octanol–water partition coefficient (Wildman–Crippen LogP) is 4.40. The fourth-order valence-electron chi connectivity index (χ4n) is 4.16. The Bertz CT molecular complexity index is 411. The van der Waals surface area contributed by atoms with Crippen molar-refractivity contribution in [3.8, 4) is 0 Å². The molecule has 0 amide bonds. The zero-order chi connectivity index (χ0) is 14.5. The molecule has 2 aliphatic rings. The second-order valence-corrected chi connectivity index (χ2v) is 7.87. The molecule has 0 radical (unpaired) electrons. The van der Waals surface area contributed by atoms with Crippen molar-refractivity contribution in [3.05, 3.63) is 22.4 Å². The fraction of sp³-hybridized carbons (Fsp3) is 0.778. The van der Waals surface area contributed by atoms with Gasteiger partial charge in [0, 0.05) is 17.5 Å². The third kappa shape index (κ3) is 3.88. The van der Waals surface area contributed by atoms with E-state index in [2.05, 4.69) is 29.8 Å². The van der Waals surface area contributed by atoms with Gasteiger partial charge in [0.2, 0.25) is 0 Å². The van der Waals surface area contributed by atoms with Gasteiger partial charge in [0.05, 0.1) is 5.60 Å². The summed E-state index contributed by atoms with van der Waals surface area (Å²) in [6.45, 7) is 4.37. The van der Waals surface area contributed by atoms with Crippen LogP contribution in [0.4, 0.5) is 0 Å². The van der Waals surface area contributed by atoms with E-state index in [1.807, 2.05) is 11.3 Å². The first-order valence-electron chi connectivity index (χ1n) is 8.71. The highest BCUT2D eigenvalue weighted by Gasteiger charge is 2.41. The molecule has 0 bridgehead atoms. The quantitative estimate of drug-likeness (QED) is 0.841. The van der Waals surface area contributed by atoms with E-state index in [9.17, 15) is 0 Å². The maximum atomic E-state index is 6.22. The van der Waals surface area contributed by atoms with Crippen molar-refractivity contribution < 1.29 is 4.74 Å². The number of hydrogen-bond acceptors (Lipinski definition) is 3. The van der Waals surface area contributed by atoms with Crippen LogP contribution in [0.15, 0.2) is 17.5 Å². The van der Waals surface area contributed by atoms with E-state index in [-0.39, 0.29) is 5.60 Å². The molecule has 21 heavy (non-hydrogen) atoms. The average Bonchev–Trinajstić information content (AvgIpc) is 3.16. The van der Waals surface area contributed by atoms with Crippen LogP contribution in [-0.2, 0) is 11.2 Å². The lowest BCUT2D eigenvalue weighted by Gasteiger charge is -2.41. The molecular weight excluding hydrogens is 278 g/mol. The summed E-state index contributed by atoms with van der Waals surface area (Å²) in [6.07, 6.45) is 10.2. The molecule has 1 spiro atoms. The van der Waals surface area contributed by atoms with E-state index in [1.165, 1.54) is 56.2 Å². The minimum Gasteiger partial charge on any atom is -0.375 e. The van der Waals surface area contributed by atoms with Crippen LogP contribution < -0.4 is 5.32 Å². The molecule has 1 aliphatic heterocycles. The van der Waals surface area contributed by atoms with Gasteiger partial charge in [-0.3, -0.25) is 0 Å². The minimum atomic E-state index is 0.241. The highest BCUT2D eigenvalue weighted by molar-refractivity contribution is 7.09. The summed E-state index contributed by atoms with van der Waals surface area (Å²) in [7, 11) is 0. The Labute approximate surface area is 133 Å². The number of rotatable bonds is 6. The molecule has 1 aromatic heterocycles. The van der Waals surface area contributed by atoms with Crippen molar-refractivity contribution in [2.45, 2.75) is 69.9 Å². The zero-order valence-electron chi connectivity index (χ0n) is 13.3. The van der Waals surface area contributed by atoms with Gasteiger partial charge in [-0.25, -0.2) is 0 Å². The number of nitrogens with one attached hydrogen (secondary N) is 1. The Hall–Kier alpha value is -0.380. The third-order valence-electron chi connectivity index (χ3n) is 5.27. The first kappa shape index (κ1) is 15.5. The summed E-state index contributed by atoms with van der Waals surface area (Å²) in [5, 5.41) is 6.04. The van der Waals surface area contributed by atoms with Gasteiger partial charge < -0.3 is 10.1 Å². The normalized spacial score (nSPS) is 26.2. The number of thiophene rings is 1. The van der Waals surface area contributed by atoms with Crippen LogP contribution in [0.1, 0.15) is 56.7 Å². The molecule has 2 atom stereocenters. The van der Waals surface area contributed by atoms with E-state index in [1.54, 1.807) is 0 Å². The molecule has 3 heteroatoms. The molecule has 1 N–H and O–H groups in total. The van der Waals surface area contributed by atoms with Crippen molar-refractivity contribution >= 4 is 11.3 Å². The molecule has 0 aromatic carbocycles. The van der Waals surface area contributed by atoms with Crippen LogP contribution in [0.5, 0.6) is 0 Å². The molecule has 3 rings (SSSR count). The highest BCUT2D eigenvalue weighted by Crippen LogP contribution is 2.43. The molecule has 2 heterocycles. The van der Waals surface area contributed by atoms with Gasteiger partial charge in [-0.2, -0.15) is 0 Å². The van der Waals surface area contributed by atoms with Gasteiger partial charge in [0.25, 0.3) is 0 Å². The number of ether oxygens (including phenoxy) is 1. The van der Waals surface area contributed by atoms with Crippen molar-refractivity contribution in [1.82, 2.24) is 5.32 Å². The summed E-state index contributed by atoms with van der Waals surface area (Å²) in [6, 6.07) is 5.10. The van der Waals surface area contributed by atoms with Gasteiger partial charge in [-0.1, -0.05) is 25.8 Å². The van der Waals surface area contributed by atoms with Crippen molar-refractivity contribution in [2.75, 3.05) is 13.2 Å². The molecular formula is C18H29NOS. The van der Waals surface area contributed by atoms with Crippen LogP contribution >= 0.6 is 11.3 Å². The Kier molecular flexibility index (Phi) is 5.36. The Morgan fingerprint density at radius 3 is 3.00 bits per heavy atom. The minimum absolute atomic E-state index is 0.241. The summed E-state index contributed by atoms with van der Waals surface area (Å²) in [4.78, 5) is 1.52. The summed E-state index contributed by atoms with van der Waals surface area (Å²) >= 11 is 1.90. The van der Waals surface area contributed by atoms with Gasteiger partial charge in [0.15, 0.2) is 0 Å². The average molecular weight is 308 g/mol. The van der Waals surface area contributed by atoms with Crippen molar-refractivity contribution in [1.29, 1.82) is 0 Å². The molecule has 118 valence electrons. The van der Waals surface area contributed by atoms with E-state index < -0.39 is 0 Å². The molecule has 1 saturated carbocycles. The SMILES string of the molecule is CCCNC(Cc1cccs1)C1CCOC2(CCCC2)C1. The molecule has 1 saturated heterocycles. The van der Waals surface area contributed by atoms with Crippen LogP contribution in [0, 0.1) is 5.92 Å². The summed E-state index contributed by atoms with van der Waals surface area (Å²) in [5.41, 5.74) is 0.241. The Morgan fingerprint density at radius 2 is 2.29 bits per heavy atom. The number of hydrogen-bond donors (Lipinski definition) is 1. The molecule has 2 nitrogen and oxygen atoms in total. The summed E-state index contributed by atoms with van der Waals surface area (Å²) < 4.78 is 6.22. The van der Waals surface area contributed by atoms with Gasteiger partial charge in [-0.05, 0) is 62.4 Å². The standard InChI is InChI=1S/C18H29NOS/c1-2-10-19-17(13-16-6-5-12-21-16)15-7-11-20-18(14-15)8-3-4-9-18/h5-6,12,15,17,19H,2-4,7-11,13-14H2,1H3. The lowest BCUT2D eigenvalue weighted by molar-refractivity contribution is -0.0978. The highest BCUT2D eigenvalue weighted by atomic mass is 32.1. The predicted molar refractivity (Wildman–Crippen MR) is 90.0 cm³/mol. The maximum absolute atomic E-state index is 6.22. The Morgan fingerprint density at radius 1 is 1.43 bits per heavy atom. The van der Waals surface area contributed by atoms with Crippen molar-refractivity contribution in [2.24, 2.45) is 5.92 Å². The van der Waals surface area contributed by atoms with E-state index in [0.29, 0.717) is 6.04 Å². The van der Waals surface area contributed by atoms with Crippen LogP contribution in [0.3, 0.4) is 0 Å². The first-order chi connectivity index (χ1) is 10.3. The Balaban J connectivity index is 1.66. The van der Waals surface area contributed by atoms with E-state index in [4.69, 9.17) is 4.74 Å². The molecule has 2 fully saturated rings. The maximum Gasteiger partial charge on any atom is 0.0685 e. The van der Waals surface area contributed by atoms with E-state index in [0.717, 1.165) is 19.1 Å². The van der Waals surface area contributed by atoms with Gasteiger partial charge in [-0.15, -0.1) is 11.3 Å². The molecule has 2 unspecified atom stereocenters. The smallest absolute Gasteiger partial charge is 0.0685 e. The van der Waals surface area contributed by atoms with Gasteiger partial charge >= 0.3 is 0 Å². The third-order valence-corrected chi connectivity index (χ3v) is 6.17.